The van der Waals surface area contributed by atoms with Crippen molar-refractivity contribution in [1.29, 1.82) is 0 Å². The summed E-state index contributed by atoms with van der Waals surface area (Å²) in [6.45, 7) is 1.06. The van der Waals surface area contributed by atoms with Crippen LogP contribution in [0, 0.1) is 17.7 Å². The number of rotatable bonds is 5. The summed E-state index contributed by atoms with van der Waals surface area (Å²) < 4.78 is 19.4. The SMILES string of the molecule is O=C(O)C1CNC(c2cc(F)cc(OCC3CCC3)c2)C1. The van der Waals surface area contributed by atoms with E-state index in [1.165, 1.54) is 31.4 Å². The second-order valence-electron chi connectivity index (χ2n) is 6.06. The molecule has 1 heterocycles. The van der Waals surface area contributed by atoms with Crippen molar-refractivity contribution in [1.82, 2.24) is 5.32 Å². The highest BCUT2D eigenvalue weighted by molar-refractivity contribution is 5.70. The molecule has 2 aliphatic rings. The summed E-state index contributed by atoms with van der Waals surface area (Å²) in [6, 6.07) is 4.56. The molecular formula is C16H20FNO3. The minimum Gasteiger partial charge on any atom is -0.493 e. The van der Waals surface area contributed by atoms with E-state index in [1.54, 1.807) is 0 Å². The average molecular weight is 293 g/mol. The Kier molecular flexibility index (Phi) is 4.10. The van der Waals surface area contributed by atoms with Gasteiger partial charge in [-0.3, -0.25) is 4.79 Å². The monoisotopic (exact) mass is 293 g/mol. The van der Waals surface area contributed by atoms with E-state index >= 15 is 0 Å². The topological polar surface area (TPSA) is 58.6 Å². The number of halogens is 1. The second kappa shape index (κ2) is 6.02. The van der Waals surface area contributed by atoms with Gasteiger partial charge in [-0.15, -0.1) is 0 Å². The summed E-state index contributed by atoms with van der Waals surface area (Å²) in [5.41, 5.74) is 0.766. The number of carbonyl (C=O) groups is 1. The third-order valence-electron chi connectivity index (χ3n) is 4.49. The van der Waals surface area contributed by atoms with Gasteiger partial charge in [0, 0.05) is 18.7 Å². The molecule has 0 spiro atoms. The van der Waals surface area contributed by atoms with Gasteiger partial charge in [0.1, 0.15) is 11.6 Å². The Hall–Kier alpha value is -1.62. The lowest BCUT2D eigenvalue weighted by atomic mass is 9.86. The van der Waals surface area contributed by atoms with Crippen molar-refractivity contribution in [2.24, 2.45) is 11.8 Å². The molecule has 2 N–H and O–H groups in total. The molecule has 0 aromatic heterocycles. The van der Waals surface area contributed by atoms with Crippen LogP contribution in [0.5, 0.6) is 5.75 Å². The molecule has 1 aliphatic heterocycles. The third kappa shape index (κ3) is 3.35. The number of benzene rings is 1. The molecule has 21 heavy (non-hydrogen) atoms. The van der Waals surface area contributed by atoms with E-state index in [1.807, 2.05) is 6.07 Å². The van der Waals surface area contributed by atoms with Gasteiger partial charge in [0.15, 0.2) is 0 Å². The van der Waals surface area contributed by atoms with Crippen LogP contribution in [-0.4, -0.2) is 24.2 Å². The van der Waals surface area contributed by atoms with Crippen LogP contribution in [0.3, 0.4) is 0 Å². The van der Waals surface area contributed by atoms with Gasteiger partial charge in [0.2, 0.25) is 0 Å². The van der Waals surface area contributed by atoms with E-state index in [2.05, 4.69) is 5.32 Å². The van der Waals surface area contributed by atoms with Crippen LogP contribution < -0.4 is 10.1 Å². The molecule has 1 saturated heterocycles. The zero-order valence-electron chi connectivity index (χ0n) is 11.8. The van der Waals surface area contributed by atoms with Gasteiger partial charge in [-0.05, 0) is 42.9 Å². The molecule has 2 fully saturated rings. The lowest BCUT2D eigenvalue weighted by Crippen LogP contribution is -2.19. The first-order chi connectivity index (χ1) is 10.1. The van der Waals surface area contributed by atoms with E-state index in [9.17, 15) is 9.18 Å². The standard InChI is InChI=1S/C16H20FNO3/c17-13-4-11(15-6-12(8-18-15)16(19)20)5-14(7-13)21-9-10-2-1-3-10/h4-5,7,10,12,15,18H,1-3,6,8-9H2,(H,19,20). The van der Waals surface area contributed by atoms with Crippen molar-refractivity contribution in [3.8, 4) is 5.75 Å². The van der Waals surface area contributed by atoms with Crippen LogP contribution in [-0.2, 0) is 4.79 Å². The number of carboxylic acid groups (broad SMARTS) is 1. The quantitative estimate of drug-likeness (QED) is 0.876. The fourth-order valence-electron chi connectivity index (χ4n) is 2.92. The molecular weight excluding hydrogens is 273 g/mol. The Morgan fingerprint density at radius 1 is 1.38 bits per heavy atom. The third-order valence-corrected chi connectivity index (χ3v) is 4.49. The summed E-state index contributed by atoms with van der Waals surface area (Å²) in [6.07, 6.45) is 4.12. The maximum atomic E-state index is 13.7. The molecule has 5 heteroatoms. The first-order valence-corrected chi connectivity index (χ1v) is 7.51. The highest BCUT2D eigenvalue weighted by atomic mass is 19.1. The number of hydrogen-bond acceptors (Lipinski definition) is 3. The average Bonchev–Trinajstić information content (AvgIpc) is 2.86. The molecule has 0 bridgehead atoms. The molecule has 1 aromatic carbocycles. The van der Waals surface area contributed by atoms with E-state index < -0.39 is 11.9 Å². The lowest BCUT2D eigenvalue weighted by Gasteiger charge is -2.25. The van der Waals surface area contributed by atoms with Gasteiger partial charge in [-0.1, -0.05) is 6.42 Å². The van der Waals surface area contributed by atoms with Gasteiger partial charge in [0.25, 0.3) is 0 Å². The fourth-order valence-corrected chi connectivity index (χ4v) is 2.92. The summed E-state index contributed by atoms with van der Waals surface area (Å²) in [4.78, 5) is 11.0. The lowest BCUT2D eigenvalue weighted by molar-refractivity contribution is -0.141. The number of carboxylic acids is 1. The molecule has 4 nitrogen and oxygen atoms in total. The molecule has 2 unspecified atom stereocenters. The fraction of sp³-hybridized carbons (Fsp3) is 0.562. The van der Waals surface area contributed by atoms with Gasteiger partial charge in [-0.2, -0.15) is 0 Å². The summed E-state index contributed by atoms with van der Waals surface area (Å²) in [5, 5.41) is 12.2. The van der Waals surface area contributed by atoms with Gasteiger partial charge < -0.3 is 15.2 Å². The zero-order chi connectivity index (χ0) is 14.8. The van der Waals surface area contributed by atoms with Crippen molar-refractivity contribution in [2.75, 3.05) is 13.2 Å². The zero-order valence-corrected chi connectivity index (χ0v) is 11.8. The summed E-state index contributed by atoms with van der Waals surface area (Å²) >= 11 is 0. The number of aliphatic carboxylic acids is 1. The number of ether oxygens (including phenoxy) is 1. The molecule has 2 atom stereocenters. The molecule has 114 valence electrons. The Morgan fingerprint density at radius 3 is 2.81 bits per heavy atom. The van der Waals surface area contributed by atoms with Crippen LogP contribution in [0.15, 0.2) is 18.2 Å². The Morgan fingerprint density at radius 2 is 2.19 bits per heavy atom. The predicted octanol–water partition coefficient (Wildman–Crippen LogP) is 2.74. The Bertz CT molecular complexity index is 530. The first-order valence-electron chi connectivity index (χ1n) is 7.51. The van der Waals surface area contributed by atoms with Gasteiger partial charge in [0.05, 0.1) is 12.5 Å². The smallest absolute Gasteiger partial charge is 0.307 e. The van der Waals surface area contributed by atoms with E-state index in [0.29, 0.717) is 31.2 Å². The van der Waals surface area contributed by atoms with E-state index in [0.717, 1.165) is 5.56 Å². The Labute approximate surface area is 123 Å². The largest absolute Gasteiger partial charge is 0.493 e. The highest BCUT2D eigenvalue weighted by Gasteiger charge is 2.30. The van der Waals surface area contributed by atoms with Crippen molar-refractivity contribution in [3.63, 3.8) is 0 Å². The first kappa shape index (κ1) is 14.3. The summed E-state index contributed by atoms with van der Waals surface area (Å²) in [7, 11) is 0. The predicted molar refractivity (Wildman–Crippen MR) is 75.7 cm³/mol. The van der Waals surface area contributed by atoms with Crippen LogP contribution in [0.2, 0.25) is 0 Å². The molecule has 1 aromatic rings. The summed E-state index contributed by atoms with van der Waals surface area (Å²) in [5.74, 6) is -0.410. The highest BCUT2D eigenvalue weighted by Crippen LogP contribution is 2.31. The van der Waals surface area contributed by atoms with Crippen molar-refractivity contribution < 1.29 is 19.0 Å². The minimum absolute atomic E-state index is 0.118. The van der Waals surface area contributed by atoms with Gasteiger partial charge >= 0.3 is 5.97 Å². The second-order valence-corrected chi connectivity index (χ2v) is 6.06. The van der Waals surface area contributed by atoms with Crippen LogP contribution in [0.25, 0.3) is 0 Å². The maximum Gasteiger partial charge on any atom is 0.307 e. The van der Waals surface area contributed by atoms with Crippen molar-refractivity contribution in [3.05, 3.63) is 29.6 Å². The Balaban J connectivity index is 1.67. The normalized spacial score (nSPS) is 25.6. The van der Waals surface area contributed by atoms with Crippen LogP contribution in [0.4, 0.5) is 4.39 Å². The molecule has 0 radical (unpaired) electrons. The minimum atomic E-state index is -0.803. The number of nitrogens with one attached hydrogen (secondary N) is 1. The van der Waals surface area contributed by atoms with Crippen LogP contribution >= 0.6 is 0 Å². The van der Waals surface area contributed by atoms with E-state index in [4.69, 9.17) is 9.84 Å². The van der Waals surface area contributed by atoms with Crippen molar-refractivity contribution in [2.45, 2.75) is 31.7 Å². The van der Waals surface area contributed by atoms with E-state index in [-0.39, 0.29) is 11.9 Å². The molecule has 3 rings (SSSR count). The van der Waals surface area contributed by atoms with Gasteiger partial charge in [-0.25, -0.2) is 4.39 Å². The molecule has 1 aliphatic carbocycles. The maximum absolute atomic E-state index is 13.7. The molecule has 1 saturated carbocycles. The molecule has 0 amide bonds. The van der Waals surface area contributed by atoms with Crippen LogP contribution in [0.1, 0.15) is 37.3 Å². The van der Waals surface area contributed by atoms with Crippen molar-refractivity contribution >= 4 is 5.97 Å². The number of hydrogen-bond donors (Lipinski definition) is 2.